The number of benzene rings is 3. The lowest BCUT2D eigenvalue weighted by atomic mass is 10.1. The van der Waals surface area contributed by atoms with Gasteiger partial charge >= 0.3 is 0 Å². The highest BCUT2D eigenvalue weighted by Crippen LogP contribution is 2.22. The molecule has 4 rings (SSSR count). The number of fused-ring (bicyclic) bond motifs is 1. The summed E-state index contributed by atoms with van der Waals surface area (Å²) in [5.74, 6) is -0.151. The number of carbonyl (C=O) groups excluding carboxylic acids is 2. The van der Waals surface area contributed by atoms with Crippen molar-refractivity contribution in [3.05, 3.63) is 106 Å². The van der Waals surface area contributed by atoms with Crippen molar-refractivity contribution >= 4 is 33.9 Å². The Bertz CT molecular complexity index is 1300. The minimum Gasteiger partial charge on any atom is -0.332 e. The Balaban J connectivity index is 1.59. The van der Waals surface area contributed by atoms with Gasteiger partial charge in [0.05, 0.1) is 6.54 Å². The fraction of sp³-hybridized carbons (Fsp3) is 0.267. The summed E-state index contributed by atoms with van der Waals surface area (Å²) in [6, 6.07) is 25.8. The molecule has 0 bridgehead atoms. The quantitative estimate of drug-likeness (QED) is 0.266. The molecule has 0 spiro atoms. The van der Waals surface area contributed by atoms with E-state index in [1.807, 2.05) is 91.5 Å². The molecule has 0 N–H and O–H groups in total. The van der Waals surface area contributed by atoms with E-state index >= 15 is 0 Å². The third-order valence-electron chi connectivity index (χ3n) is 6.56. The van der Waals surface area contributed by atoms with E-state index in [1.54, 1.807) is 16.2 Å². The molecular weight excluding hydrogens is 452 g/mol. The molecule has 3 aromatic carbocycles. The molecule has 0 aliphatic heterocycles. The lowest BCUT2D eigenvalue weighted by Gasteiger charge is -2.31. The first-order valence-corrected chi connectivity index (χ1v) is 13.0. The van der Waals surface area contributed by atoms with Gasteiger partial charge in [-0.1, -0.05) is 67.6 Å². The molecule has 2 amide bonds. The molecule has 1 aromatic heterocycles. The largest absolute Gasteiger partial charge is 0.332 e. The van der Waals surface area contributed by atoms with Crippen LogP contribution in [0.4, 0.5) is 0 Å². The van der Waals surface area contributed by atoms with Crippen molar-refractivity contribution in [3.63, 3.8) is 0 Å². The summed E-state index contributed by atoms with van der Waals surface area (Å²) in [7, 11) is 0. The second-order valence-corrected chi connectivity index (χ2v) is 10.0. The fourth-order valence-corrected chi connectivity index (χ4v) is 5.08. The van der Waals surface area contributed by atoms with Crippen LogP contribution >= 0.6 is 11.3 Å². The van der Waals surface area contributed by atoms with Gasteiger partial charge in [-0.25, -0.2) is 0 Å². The third-order valence-corrected chi connectivity index (χ3v) is 7.57. The van der Waals surface area contributed by atoms with Gasteiger partial charge < -0.3 is 9.80 Å². The number of amides is 2. The first-order valence-electron chi connectivity index (χ1n) is 12.1. The van der Waals surface area contributed by atoms with Crippen molar-refractivity contribution in [3.8, 4) is 0 Å². The Morgan fingerprint density at radius 2 is 1.60 bits per heavy atom. The Hall–Kier alpha value is -3.44. The topological polar surface area (TPSA) is 40.6 Å². The normalized spacial score (nSPS) is 11.9. The maximum atomic E-state index is 13.7. The van der Waals surface area contributed by atoms with Crippen molar-refractivity contribution < 1.29 is 9.59 Å². The molecule has 0 aliphatic carbocycles. The summed E-state index contributed by atoms with van der Waals surface area (Å²) in [5.41, 5.74) is 2.87. The van der Waals surface area contributed by atoms with E-state index in [0.29, 0.717) is 18.7 Å². The minimum atomic E-state index is -0.106. The number of nitrogens with zero attached hydrogens (tertiary/aromatic N) is 2. The number of aryl methyl sites for hydroxylation is 1. The van der Waals surface area contributed by atoms with Gasteiger partial charge in [0.1, 0.15) is 6.54 Å². The Labute approximate surface area is 211 Å². The van der Waals surface area contributed by atoms with E-state index in [4.69, 9.17) is 0 Å². The van der Waals surface area contributed by atoms with Gasteiger partial charge in [-0.15, -0.1) is 11.3 Å². The van der Waals surface area contributed by atoms with Crippen molar-refractivity contribution in [2.75, 3.05) is 6.54 Å². The number of rotatable bonds is 9. The average molecular weight is 485 g/mol. The van der Waals surface area contributed by atoms with Crippen LogP contribution in [-0.4, -0.2) is 34.2 Å². The Morgan fingerprint density at radius 1 is 0.886 bits per heavy atom. The summed E-state index contributed by atoms with van der Waals surface area (Å²) in [6.45, 7) is 7.23. The van der Waals surface area contributed by atoms with Crippen LogP contribution in [0.15, 0.2) is 84.2 Å². The summed E-state index contributed by atoms with van der Waals surface area (Å²) in [6.07, 6.45) is 0.773. The molecule has 0 aliphatic rings. The Morgan fingerprint density at radius 3 is 2.29 bits per heavy atom. The lowest BCUT2D eigenvalue weighted by molar-refractivity contribution is -0.133. The highest BCUT2D eigenvalue weighted by Gasteiger charge is 2.26. The maximum absolute atomic E-state index is 13.7. The molecule has 0 fully saturated rings. The predicted molar refractivity (Wildman–Crippen MR) is 144 cm³/mol. The van der Waals surface area contributed by atoms with E-state index in [9.17, 15) is 9.59 Å². The molecule has 1 atom stereocenters. The smallest absolute Gasteiger partial charge is 0.254 e. The van der Waals surface area contributed by atoms with Gasteiger partial charge in [-0.2, -0.15) is 0 Å². The number of hydrogen-bond acceptors (Lipinski definition) is 3. The maximum Gasteiger partial charge on any atom is 0.254 e. The van der Waals surface area contributed by atoms with Crippen molar-refractivity contribution in [1.29, 1.82) is 0 Å². The highest BCUT2D eigenvalue weighted by atomic mass is 32.1. The Kier molecular flexibility index (Phi) is 7.98. The lowest BCUT2D eigenvalue weighted by Crippen LogP contribution is -2.46. The van der Waals surface area contributed by atoms with E-state index in [0.717, 1.165) is 22.8 Å². The van der Waals surface area contributed by atoms with Gasteiger partial charge in [0.2, 0.25) is 5.91 Å². The van der Waals surface area contributed by atoms with Crippen molar-refractivity contribution in [2.45, 2.75) is 46.3 Å². The zero-order valence-electron chi connectivity index (χ0n) is 20.6. The van der Waals surface area contributed by atoms with E-state index in [1.165, 1.54) is 10.4 Å². The van der Waals surface area contributed by atoms with E-state index in [-0.39, 0.29) is 24.4 Å². The van der Waals surface area contributed by atoms with Crippen LogP contribution in [0.3, 0.4) is 0 Å². The zero-order valence-corrected chi connectivity index (χ0v) is 21.4. The van der Waals surface area contributed by atoms with Crippen LogP contribution in [0.2, 0.25) is 0 Å². The molecule has 1 heterocycles. The summed E-state index contributed by atoms with van der Waals surface area (Å²) in [5, 5.41) is 4.17. The number of carbonyl (C=O) groups is 2. The molecule has 0 saturated heterocycles. The molecule has 0 saturated carbocycles. The fourth-order valence-electron chi connectivity index (χ4n) is 4.16. The first-order chi connectivity index (χ1) is 17.0. The summed E-state index contributed by atoms with van der Waals surface area (Å²) < 4.78 is 0. The van der Waals surface area contributed by atoms with E-state index < -0.39 is 0 Å². The SMILES string of the molecule is CCC(C)N(CC(=O)N(Cc1ccccc1)Cc1sccc1C)C(=O)c1ccc2ccccc2c1. The van der Waals surface area contributed by atoms with Crippen molar-refractivity contribution in [2.24, 2.45) is 0 Å². The van der Waals surface area contributed by atoms with Crippen LogP contribution in [-0.2, 0) is 17.9 Å². The van der Waals surface area contributed by atoms with Gasteiger partial charge in [-0.3, -0.25) is 9.59 Å². The summed E-state index contributed by atoms with van der Waals surface area (Å²) >= 11 is 1.67. The minimum absolute atomic E-state index is 0.0453. The monoisotopic (exact) mass is 484 g/mol. The summed E-state index contributed by atoms with van der Waals surface area (Å²) in [4.78, 5) is 32.1. The second kappa shape index (κ2) is 11.3. The van der Waals surface area contributed by atoms with Gasteiger partial charge in [0.25, 0.3) is 5.91 Å². The van der Waals surface area contributed by atoms with Crippen LogP contribution < -0.4 is 0 Å². The van der Waals surface area contributed by atoms with Crippen LogP contribution in [0.5, 0.6) is 0 Å². The average Bonchev–Trinajstić information content (AvgIpc) is 3.30. The van der Waals surface area contributed by atoms with Gasteiger partial charge in [0.15, 0.2) is 0 Å². The molecule has 180 valence electrons. The molecular formula is C30H32N2O2S. The third kappa shape index (κ3) is 5.98. The zero-order chi connectivity index (χ0) is 24.8. The van der Waals surface area contributed by atoms with Crippen molar-refractivity contribution in [1.82, 2.24) is 9.80 Å². The second-order valence-electron chi connectivity index (χ2n) is 9.01. The van der Waals surface area contributed by atoms with Gasteiger partial charge in [0, 0.05) is 23.0 Å². The number of hydrogen-bond donors (Lipinski definition) is 0. The molecule has 35 heavy (non-hydrogen) atoms. The highest BCUT2D eigenvalue weighted by molar-refractivity contribution is 7.10. The van der Waals surface area contributed by atoms with Crippen LogP contribution in [0, 0.1) is 6.92 Å². The van der Waals surface area contributed by atoms with E-state index in [2.05, 4.69) is 18.4 Å². The molecule has 5 heteroatoms. The van der Waals surface area contributed by atoms with Crippen LogP contribution in [0.1, 0.15) is 46.6 Å². The molecule has 1 unspecified atom stereocenters. The standard InChI is InChI=1S/C30H32N2O2S/c1-4-23(3)32(30(34)27-15-14-25-12-8-9-13-26(25)18-27)21-29(33)31(19-24-10-6-5-7-11-24)20-28-22(2)16-17-35-28/h5-18,23H,4,19-21H2,1-3H3. The number of thiophene rings is 1. The predicted octanol–water partition coefficient (Wildman–Crippen LogP) is 6.68. The molecule has 4 aromatic rings. The molecule has 4 nitrogen and oxygen atoms in total. The van der Waals surface area contributed by atoms with Gasteiger partial charge in [-0.05, 0) is 65.7 Å². The molecule has 0 radical (unpaired) electrons. The first kappa shape index (κ1) is 24.7. The van der Waals surface area contributed by atoms with Crippen LogP contribution in [0.25, 0.3) is 10.8 Å².